The van der Waals surface area contributed by atoms with Crippen molar-refractivity contribution in [3.05, 3.63) is 0 Å². The molecule has 0 heterocycles. The summed E-state index contributed by atoms with van der Waals surface area (Å²) in [6.07, 6.45) is -2.29. The van der Waals surface area contributed by atoms with Gasteiger partial charge in [0.25, 0.3) is 0 Å². The number of carbonyl (C=O) groups excluding carboxylic acids is 1. The van der Waals surface area contributed by atoms with Gasteiger partial charge in [0.05, 0.1) is 1.37 Å². The van der Waals surface area contributed by atoms with Gasteiger partial charge in [-0.05, 0) is 0 Å². The molecule has 4 heteroatoms. The van der Waals surface area contributed by atoms with Crippen LogP contribution in [-0.2, 0) is 0 Å². The number of carbonyl (C=O) groups is 1. The van der Waals surface area contributed by atoms with E-state index in [1.165, 1.54) is 0 Å². The number of hydrogen-bond donors (Lipinski definition) is 1. The maximum atomic E-state index is 9.45. The van der Waals surface area contributed by atoms with Crippen LogP contribution in [0.4, 0.5) is 4.79 Å². The Morgan fingerprint density at radius 1 is 2.33 bits per heavy atom. The molecule has 1 amide bonds. The minimum atomic E-state index is -1.42. The van der Waals surface area contributed by atoms with Gasteiger partial charge in [0.1, 0.15) is 6.09 Å². The van der Waals surface area contributed by atoms with Gasteiger partial charge in [-0.15, -0.1) is 9.24 Å². The third kappa shape index (κ3) is 3.70. The predicted molar refractivity (Wildman–Crippen MR) is 23.1 cm³/mol. The Hall–Kier alpha value is -0.300. The lowest BCUT2D eigenvalue weighted by Gasteiger charge is -1.98. The molecule has 0 fully saturated rings. The molecule has 0 aliphatic rings. The fourth-order valence-electron chi connectivity index (χ4n) is 0.0680. The normalized spacial score (nSPS) is 15.2. The number of nitrogens with one attached hydrogen (secondary N) is 1. The second kappa shape index (κ2) is 2.91. The van der Waals surface area contributed by atoms with Crippen molar-refractivity contribution in [2.24, 2.45) is 0 Å². The van der Waals surface area contributed by atoms with Crippen LogP contribution in [0.3, 0.4) is 0 Å². The summed E-state index contributed by atoms with van der Waals surface area (Å²) >= 11 is 0. The Labute approximate surface area is 39.3 Å². The molecule has 0 radical (unpaired) electrons. The summed E-state index contributed by atoms with van der Waals surface area (Å²) in [5, 5.41) is 11.2. The molecule has 0 aliphatic carbocycles. The lowest BCUT2D eigenvalue weighted by Crippen LogP contribution is -2.35. The van der Waals surface area contributed by atoms with E-state index in [4.69, 9.17) is 1.37 Å². The number of rotatable bonds is 1. The molecule has 0 aromatic carbocycles. The van der Waals surface area contributed by atoms with Crippen LogP contribution in [-0.4, -0.2) is 12.4 Å². The fourth-order valence-corrected chi connectivity index (χ4v) is 0.204. The lowest BCUT2D eigenvalue weighted by molar-refractivity contribution is -0.250. The molecule has 0 aromatic heterocycles. The fraction of sp³-hybridized carbons (Fsp3) is 0.500. The summed E-state index contributed by atoms with van der Waals surface area (Å²) in [7, 11) is 1.94. The average Bonchev–Trinajstić information content (AvgIpc) is 1.27. The molecule has 0 saturated heterocycles. The molecule has 0 aromatic rings. The molecule has 36 valence electrons. The van der Waals surface area contributed by atoms with Crippen LogP contribution in [0, 0.1) is 0 Å². The van der Waals surface area contributed by atoms with Crippen LogP contribution in [0.2, 0.25) is 0 Å². The largest absolute Gasteiger partial charge is 0.530 e. The molecular weight excluding hydrogens is 101 g/mol. The zero-order chi connectivity index (χ0) is 5.86. The van der Waals surface area contributed by atoms with E-state index < -0.39 is 12.4 Å². The highest BCUT2D eigenvalue weighted by Gasteiger charge is 1.69. The van der Waals surface area contributed by atoms with Crippen LogP contribution >= 0.6 is 9.24 Å². The highest BCUT2D eigenvalue weighted by molar-refractivity contribution is 7.16. The molecular formula is C2H5NO2P-. The summed E-state index contributed by atoms with van der Waals surface area (Å²) in [6.45, 7) is 0. The van der Waals surface area contributed by atoms with Crippen molar-refractivity contribution in [3.8, 4) is 0 Å². The van der Waals surface area contributed by atoms with Crippen molar-refractivity contribution in [2.75, 3.05) is 6.26 Å². The molecule has 0 rings (SSSR count). The highest BCUT2D eigenvalue weighted by Crippen LogP contribution is 1.68. The van der Waals surface area contributed by atoms with Gasteiger partial charge in [-0.3, -0.25) is 0 Å². The van der Waals surface area contributed by atoms with Gasteiger partial charge in [-0.2, -0.15) is 0 Å². The maximum absolute atomic E-state index is 9.45. The van der Waals surface area contributed by atoms with E-state index in [-0.39, 0.29) is 0 Å². The van der Waals surface area contributed by atoms with Gasteiger partial charge < -0.3 is 15.2 Å². The van der Waals surface area contributed by atoms with Crippen molar-refractivity contribution in [2.45, 2.75) is 0 Å². The van der Waals surface area contributed by atoms with Crippen LogP contribution in [0.15, 0.2) is 0 Å². The quantitative estimate of drug-likeness (QED) is 0.427. The van der Waals surface area contributed by atoms with Crippen molar-refractivity contribution >= 4 is 15.3 Å². The minimum Gasteiger partial charge on any atom is -0.530 e. The third-order valence-corrected chi connectivity index (χ3v) is 0.368. The van der Waals surface area contributed by atoms with Gasteiger partial charge >= 0.3 is 0 Å². The van der Waals surface area contributed by atoms with Gasteiger partial charge in [0.2, 0.25) is 0 Å². The summed E-state index contributed by atoms with van der Waals surface area (Å²) < 4.78 is 6.54. The van der Waals surface area contributed by atoms with E-state index in [9.17, 15) is 9.90 Å². The Morgan fingerprint density at radius 2 is 2.83 bits per heavy atom. The van der Waals surface area contributed by atoms with Crippen LogP contribution in [0.1, 0.15) is 1.37 Å². The van der Waals surface area contributed by atoms with E-state index in [1.807, 2.05) is 9.24 Å². The van der Waals surface area contributed by atoms with E-state index in [0.717, 1.165) is 0 Å². The van der Waals surface area contributed by atoms with Crippen molar-refractivity contribution in [3.63, 3.8) is 0 Å². The monoisotopic (exact) mass is 108 g/mol. The Bertz CT molecular complexity index is 76.1. The second-order valence-corrected chi connectivity index (χ2v) is 0.932. The SMILES string of the molecule is [3H]C(P)NC(=O)[O-]. The molecule has 6 heavy (non-hydrogen) atoms. The first-order chi connectivity index (χ1) is 3.13. The number of hydrogen-bond acceptors (Lipinski definition) is 2. The first-order valence-electron chi connectivity index (χ1n) is 1.86. The van der Waals surface area contributed by atoms with Gasteiger partial charge in [0.15, 0.2) is 0 Å². The topological polar surface area (TPSA) is 52.2 Å². The number of amides is 1. The first-order valence-corrected chi connectivity index (χ1v) is 1.95. The predicted octanol–water partition coefficient (Wildman–Crippen LogP) is -1.25. The van der Waals surface area contributed by atoms with Crippen LogP contribution in [0.25, 0.3) is 0 Å². The molecule has 3 nitrogen and oxygen atoms in total. The molecule has 0 bridgehead atoms. The van der Waals surface area contributed by atoms with Crippen molar-refractivity contribution in [1.82, 2.24) is 5.32 Å². The summed E-state index contributed by atoms with van der Waals surface area (Å²) in [4.78, 5) is 9.45. The first kappa shape index (κ1) is 3.88. The highest BCUT2D eigenvalue weighted by atomic mass is 31.0. The standard InChI is InChI=1S/C2H6NO2P/c4-2(5)3-1-6/h3H,1,6H2,(H,4,5)/p-1/i1T. The Kier molecular flexibility index (Phi) is 1.88. The average molecular weight is 108 g/mol. The zero-order valence-corrected chi connectivity index (χ0v) is 4.13. The Morgan fingerprint density at radius 3 is 2.83 bits per heavy atom. The maximum Gasteiger partial charge on any atom is 0.134 e. The molecule has 1 N–H and O–H groups in total. The summed E-state index contributed by atoms with van der Waals surface area (Å²) in [6, 6.07) is 0. The molecule has 0 aliphatic heterocycles. The van der Waals surface area contributed by atoms with Gasteiger partial charge in [0, 0.05) is 6.26 Å². The van der Waals surface area contributed by atoms with E-state index >= 15 is 0 Å². The van der Waals surface area contributed by atoms with Crippen molar-refractivity contribution < 1.29 is 11.3 Å². The van der Waals surface area contributed by atoms with Crippen LogP contribution in [0.5, 0.6) is 0 Å². The Balaban J connectivity index is 3.13. The van der Waals surface area contributed by atoms with Crippen molar-refractivity contribution in [1.29, 1.82) is 0 Å². The summed E-state index contributed by atoms with van der Waals surface area (Å²) in [5.74, 6) is 0. The number of carboxylic acid groups (broad SMARTS) is 1. The molecule has 0 saturated carbocycles. The van der Waals surface area contributed by atoms with Crippen LogP contribution < -0.4 is 10.4 Å². The molecule has 2 unspecified atom stereocenters. The lowest BCUT2D eigenvalue weighted by atomic mass is 11.1. The van der Waals surface area contributed by atoms with Gasteiger partial charge in [-0.1, -0.05) is 0 Å². The third-order valence-electron chi connectivity index (χ3n) is 0.201. The minimum absolute atomic E-state index is 0.870. The van der Waals surface area contributed by atoms with Gasteiger partial charge in [-0.25, -0.2) is 0 Å². The van der Waals surface area contributed by atoms with E-state index in [2.05, 4.69) is 0 Å². The zero-order valence-electron chi connectivity index (χ0n) is 3.97. The van der Waals surface area contributed by atoms with E-state index in [0.29, 0.717) is 0 Å². The molecule has 0 spiro atoms. The summed E-state index contributed by atoms with van der Waals surface area (Å²) in [5.41, 5.74) is 0. The molecule has 2 atom stereocenters. The second-order valence-electron chi connectivity index (χ2n) is 0.598. The smallest absolute Gasteiger partial charge is 0.134 e. The van der Waals surface area contributed by atoms with E-state index in [1.54, 1.807) is 5.32 Å².